The highest BCUT2D eigenvalue weighted by molar-refractivity contribution is 9.09. The molecule has 0 amide bonds. The van der Waals surface area contributed by atoms with E-state index in [1.165, 1.54) is 5.56 Å². The SMILES string of the molecule is CCC(CBr)(CBr)Cc1c(C)nn(C)c1Cl. The monoisotopic (exact) mass is 370 g/mol. The summed E-state index contributed by atoms with van der Waals surface area (Å²) in [5, 5.41) is 7.04. The maximum atomic E-state index is 6.26. The van der Waals surface area contributed by atoms with Crippen LogP contribution in [0.25, 0.3) is 0 Å². The minimum absolute atomic E-state index is 0.220. The highest BCUT2D eigenvalue weighted by atomic mass is 79.9. The van der Waals surface area contributed by atoms with Crippen LogP contribution in [0, 0.1) is 12.3 Å². The molecular weight excluding hydrogens is 355 g/mol. The standard InChI is InChI=1S/C11H17Br2ClN2/c1-4-11(6-12,7-13)5-9-8(2)15-16(3)10(9)14/h4-7H2,1-3H3. The fraction of sp³-hybridized carbons (Fsp3) is 0.727. The number of aromatic nitrogens is 2. The molecule has 0 saturated carbocycles. The molecule has 0 aromatic carbocycles. The van der Waals surface area contributed by atoms with Gasteiger partial charge in [-0.05, 0) is 25.2 Å². The number of alkyl halides is 2. The van der Waals surface area contributed by atoms with Crippen molar-refractivity contribution in [2.45, 2.75) is 26.7 Å². The second-order valence-corrected chi connectivity index (χ2v) is 5.76. The van der Waals surface area contributed by atoms with Crippen molar-refractivity contribution < 1.29 is 0 Å². The third-order valence-corrected chi connectivity index (χ3v) is 5.99. The highest BCUT2D eigenvalue weighted by Crippen LogP contribution is 2.34. The molecule has 0 fully saturated rings. The summed E-state index contributed by atoms with van der Waals surface area (Å²) in [6, 6.07) is 0. The first-order valence-electron chi connectivity index (χ1n) is 5.29. The van der Waals surface area contributed by atoms with Crippen molar-refractivity contribution in [1.82, 2.24) is 9.78 Å². The number of hydrogen-bond acceptors (Lipinski definition) is 1. The number of hydrogen-bond donors (Lipinski definition) is 0. The van der Waals surface area contributed by atoms with E-state index in [2.05, 4.69) is 43.9 Å². The van der Waals surface area contributed by atoms with E-state index in [0.29, 0.717) is 0 Å². The van der Waals surface area contributed by atoms with Gasteiger partial charge in [0.25, 0.3) is 0 Å². The second-order valence-electron chi connectivity index (χ2n) is 4.28. The number of aryl methyl sites for hydroxylation is 2. The van der Waals surface area contributed by atoms with Gasteiger partial charge < -0.3 is 0 Å². The van der Waals surface area contributed by atoms with Crippen molar-refractivity contribution in [3.05, 3.63) is 16.4 Å². The molecule has 0 atom stereocenters. The van der Waals surface area contributed by atoms with Crippen molar-refractivity contribution in [1.29, 1.82) is 0 Å². The molecule has 0 aliphatic carbocycles. The van der Waals surface area contributed by atoms with Gasteiger partial charge in [0.2, 0.25) is 0 Å². The molecule has 16 heavy (non-hydrogen) atoms. The summed E-state index contributed by atoms with van der Waals surface area (Å²) in [5.41, 5.74) is 2.43. The molecular formula is C11H17Br2ClN2. The molecule has 2 nitrogen and oxygen atoms in total. The Hall–Kier alpha value is 0.460. The highest BCUT2D eigenvalue weighted by Gasteiger charge is 2.29. The smallest absolute Gasteiger partial charge is 0.130 e. The largest absolute Gasteiger partial charge is 0.257 e. The number of halogens is 3. The molecule has 0 unspecified atom stereocenters. The molecule has 5 heteroatoms. The van der Waals surface area contributed by atoms with E-state index in [0.717, 1.165) is 34.3 Å². The molecule has 0 N–H and O–H groups in total. The van der Waals surface area contributed by atoms with Gasteiger partial charge in [-0.15, -0.1) is 0 Å². The van der Waals surface area contributed by atoms with Crippen LogP contribution in [0.2, 0.25) is 5.15 Å². The Labute approximate surface area is 119 Å². The van der Waals surface area contributed by atoms with Crippen LogP contribution in [-0.2, 0) is 13.5 Å². The van der Waals surface area contributed by atoms with Gasteiger partial charge in [-0.1, -0.05) is 50.4 Å². The van der Waals surface area contributed by atoms with Crippen molar-refractivity contribution in [3.8, 4) is 0 Å². The quantitative estimate of drug-likeness (QED) is 0.711. The Morgan fingerprint density at radius 3 is 2.25 bits per heavy atom. The fourth-order valence-electron chi connectivity index (χ4n) is 1.69. The predicted octanol–water partition coefficient (Wildman–Crippen LogP) is 4.11. The maximum Gasteiger partial charge on any atom is 0.130 e. The first-order valence-corrected chi connectivity index (χ1v) is 7.91. The maximum absolute atomic E-state index is 6.26. The lowest BCUT2D eigenvalue weighted by molar-refractivity contribution is 0.373. The molecule has 0 saturated heterocycles. The Balaban J connectivity index is 3.02. The van der Waals surface area contributed by atoms with Crippen LogP contribution in [0.5, 0.6) is 0 Å². The molecule has 0 radical (unpaired) electrons. The zero-order chi connectivity index (χ0) is 12.3. The van der Waals surface area contributed by atoms with Gasteiger partial charge in [-0.2, -0.15) is 5.10 Å². The topological polar surface area (TPSA) is 17.8 Å². The van der Waals surface area contributed by atoms with E-state index in [-0.39, 0.29) is 5.41 Å². The van der Waals surface area contributed by atoms with Crippen LogP contribution < -0.4 is 0 Å². The van der Waals surface area contributed by atoms with E-state index in [1.54, 1.807) is 4.68 Å². The summed E-state index contributed by atoms with van der Waals surface area (Å²) in [6.45, 7) is 4.23. The minimum Gasteiger partial charge on any atom is -0.257 e. The van der Waals surface area contributed by atoms with Crippen molar-refractivity contribution in [2.24, 2.45) is 12.5 Å². The van der Waals surface area contributed by atoms with Crippen LogP contribution >= 0.6 is 43.5 Å². The molecule has 0 spiro atoms. The number of rotatable bonds is 5. The van der Waals surface area contributed by atoms with Crippen LogP contribution in [-0.4, -0.2) is 20.4 Å². The molecule has 1 heterocycles. The Morgan fingerprint density at radius 1 is 1.38 bits per heavy atom. The Kier molecular flexibility index (Phi) is 5.33. The molecule has 1 aromatic heterocycles. The minimum atomic E-state index is 0.220. The lowest BCUT2D eigenvalue weighted by Crippen LogP contribution is -2.27. The summed E-state index contributed by atoms with van der Waals surface area (Å²) in [5.74, 6) is 0. The summed E-state index contributed by atoms with van der Waals surface area (Å²) < 4.78 is 1.75. The molecule has 1 rings (SSSR count). The van der Waals surface area contributed by atoms with Crippen LogP contribution in [0.1, 0.15) is 24.6 Å². The Morgan fingerprint density at radius 2 is 1.94 bits per heavy atom. The fourth-order valence-corrected chi connectivity index (χ4v) is 4.05. The molecule has 0 aliphatic heterocycles. The van der Waals surface area contributed by atoms with Gasteiger partial charge in [0.05, 0.1) is 5.69 Å². The first-order chi connectivity index (χ1) is 7.49. The van der Waals surface area contributed by atoms with Gasteiger partial charge in [-0.25, -0.2) is 0 Å². The van der Waals surface area contributed by atoms with E-state index < -0.39 is 0 Å². The van der Waals surface area contributed by atoms with Gasteiger partial charge in [0, 0.05) is 23.3 Å². The van der Waals surface area contributed by atoms with Crippen molar-refractivity contribution in [3.63, 3.8) is 0 Å². The lowest BCUT2D eigenvalue weighted by atomic mass is 9.83. The third-order valence-electron chi connectivity index (χ3n) is 3.14. The summed E-state index contributed by atoms with van der Waals surface area (Å²) in [4.78, 5) is 0. The molecule has 92 valence electrons. The average molecular weight is 373 g/mol. The van der Waals surface area contributed by atoms with Crippen LogP contribution in [0.3, 0.4) is 0 Å². The van der Waals surface area contributed by atoms with E-state index in [1.807, 2.05) is 14.0 Å². The average Bonchev–Trinajstić information content (AvgIpc) is 2.52. The van der Waals surface area contributed by atoms with Gasteiger partial charge in [-0.3, -0.25) is 4.68 Å². The molecule has 0 aliphatic rings. The molecule has 1 aromatic rings. The lowest BCUT2D eigenvalue weighted by Gasteiger charge is -2.28. The van der Waals surface area contributed by atoms with Gasteiger partial charge in [0.1, 0.15) is 5.15 Å². The second kappa shape index (κ2) is 5.87. The van der Waals surface area contributed by atoms with Gasteiger partial charge >= 0.3 is 0 Å². The normalized spacial score (nSPS) is 12.1. The third kappa shape index (κ3) is 2.82. The zero-order valence-corrected chi connectivity index (χ0v) is 13.8. The summed E-state index contributed by atoms with van der Waals surface area (Å²) in [7, 11) is 1.88. The van der Waals surface area contributed by atoms with E-state index >= 15 is 0 Å². The van der Waals surface area contributed by atoms with E-state index in [4.69, 9.17) is 11.6 Å². The van der Waals surface area contributed by atoms with Crippen LogP contribution in [0.15, 0.2) is 0 Å². The zero-order valence-electron chi connectivity index (χ0n) is 9.86. The first kappa shape index (κ1) is 14.5. The van der Waals surface area contributed by atoms with Crippen LogP contribution in [0.4, 0.5) is 0 Å². The number of nitrogens with zero attached hydrogens (tertiary/aromatic N) is 2. The summed E-state index contributed by atoms with van der Waals surface area (Å²) >= 11 is 13.5. The van der Waals surface area contributed by atoms with Gasteiger partial charge in [0.15, 0.2) is 0 Å². The van der Waals surface area contributed by atoms with Crippen molar-refractivity contribution >= 4 is 43.5 Å². The summed E-state index contributed by atoms with van der Waals surface area (Å²) in [6.07, 6.45) is 2.06. The van der Waals surface area contributed by atoms with E-state index in [9.17, 15) is 0 Å². The Bertz CT molecular complexity index is 351. The molecule has 0 bridgehead atoms. The van der Waals surface area contributed by atoms with Crippen molar-refractivity contribution in [2.75, 3.05) is 10.7 Å². The predicted molar refractivity (Wildman–Crippen MR) is 77.0 cm³/mol.